The molecule has 0 spiro atoms. The zero-order chi connectivity index (χ0) is 12.4. The minimum atomic E-state index is 0.150. The van der Waals surface area contributed by atoms with Crippen LogP contribution in [-0.4, -0.2) is 14.8 Å². The van der Waals surface area contributed by atoms with E-state index in [0.29, 0.717) is 5.15 Å². The van der Waals surface area contributed by atoms with Gasteiger partial charge in [0.05, 0.1) is 28.1 Å². The lowest BCUT2D eigenvalue weighted by Gasteiger charge is -2.15. The third-order valence-electron chi connectivity index (χ3n) is 2.48. The Morgan fingerprint density at radius 3 is 2.88 bits per heavy atom. The van der Waals surface area contributed by atoms with Crippen molar-refractivity contribution in [2.24, 2.45) is 7.05 Å². The fourth-order valence-corrected chi connectivity index (χ4v) is 2.09. The van der Waals surface area contributed by atoms with Crippen LogP contribution in [0.3, 0.4) is 0 Å². The first-order chi connectivity index (χ1) is 8.08. The number of pyridine rings is 1. The Kier molecular flexibility index (Phi) is 3.69. The van der Waals surface area contributed by atoms with Gasteiger partial charge in [0.25, 0.3) is 0 Å². The van der Waals surface area contributed by atoms with E-state index >= 15 is 0 Å². The molecule has 0 bridgehead atoms. The van der Waals surface area contributed by atoms with Crippen LogP contribution in [0.25, 0.3) is 0 Å². The van der Waals surface area contributed by atoms with Crippen LogP contribution >= 0.6 is 27.5 Å². The van der Waals surface area contributed by atoms with Crippen LogP contribution in [0.5, 0.6) is 0 Å². The summed E-state index contributed by atoms with van der Waals surface area (Å²) in [6.07, 6.45) is 3.49. The van der Waals surface area contributed by atoms with Crippen LogP contribution in [0.4, 0.5) is 5.69 Å². The molecule has 0 aromatic carbocycles. The molecular weight excluding hydrogens is 304 g/mol. The number of hydrogen-bond donors (Lipinski definition) is 1. The van der Waals surface area contributed by atoms with Crippen molar-refractivity contribution < 1.29 is 0 Å². The SMILES string of the molecule is CC(Nc1cnc(Cl)c(Br)c1)c1ccnn1C. The maximum absolute atomic E-state index is 5.84. The predicted octanol–water partition coefficient (Wildman–Crippen LogP) is 3.40. The molecule has 2 aromatic rings. The molecule has 0 saturated heterocycles. The van der Waals surface area contributed by atoms with E-state index in [2.05, 4.69) is 38.3 Å². The Bertz CT molecular complexity index is 526. The van der Waals surface area contributed by atoms with Crippen LogP contribution in [0, 0.1) is 0 Å². The quantitative estimate of drug-likeness (QED) is 0.883. The van der Waals surface area contributed by atoms with E-state index in [1.54, 1.807) is 12.4 Å². The molecule has 90 valence electrons. The van der Waals surface area contributed by atoms with Crippen molar-refractivity contribution in [3.8, 4) is 0 Å². The number of hydrogen-bond acceptors (Lipinski definition) is 3. The van der Waals surface area contributed by atoms with E-state index in [0.717, 1.165) is 15.9 Å². The van der Waals surface area contributed by atoms with Crippen molar-refractivity contribution in [2.75, 3.05) is 5.32 Å². The summed E-state index contributed by atoms with van der Waals surface area (Å²) in [6.45, 7) is 2.07. The number of nitrogens with zero attached hydrogens (tertiary/aromatic N) is 3. The molecule has 4 nitrogen and oxygen atoms in total. The maximum atomic E-state index is 5.84. The Morgan fingerprint density at radius 2 is 2.29 bits per heavy atom. The van der Waals surface area contributed by atoms with Crippen LogP contribution in [0.15, 0.2) is 29.0 Å². The van der Waals surface area contributed by atoms with Crippen LogP contribution < -0.4 is 5.32 Å². The molecule has 17 heavy (non-hydrogen) atoms. The molecule has 0 aliphatic rings. The third kappa shape index (κ3) is 2.79. The monoisotopic (exact) mass is 314 g/mol. The first kappa shape index (κ1) is 12.4. The number of rotatable bonds is 3. The van der Waals surface area contributed by atoms with Crippen LogP contribution in [0.1, 0.15) is 18.7 Å². The number of anilines is 1. The molecule has 2 aromatic heterocycles. The molecule has 0 saturated carbocycles. The molecule has 0 fully saturated rings. The van der Waals surface area contributed by atoms with Crippen molar-refractivity contribution in [1.82, 2.24) is 14.8 Å². The van der Waals surface area contributed by atoms with Crippen LogP contribution in [0.2, 0.25) is 5.15 Å². The third-order valence-corrected chi connectivity index (χ3v) is 3.62. The summed E-state index contributed by atoms with van der Waals surface area (Å²) in [5, 5.41) is 7.94. The van der Waals surface area contributed by atoms with Gasteiger partial charge >= 0.3 is 0 Å². The number of aromatic nitrogens is 3. The average molecular weight is 316 g/mol. The molecule has 0 aliphatic carbocycles. The second-order valence-electron chi connectivity index (χ2n) is 3.74. The summed E-state index contributed by atoms with van der Waals surface area (Å²) in [4.78, 5) is 4.07. The highest BCUT2D eigenvalue weighted by atomic mass is 79.9. The van der Waals surface area contributed by atoms with Crippen LogP contribution in [-0.2, 0) is 7.05 Å². The van der Waals surface area contributed by atoms with Gasteiger partial charge in [-0.1, -0.05) is 11.6 Å². The van der Waals surface area contributed by atoms with E-state index in [1.807, 2.05) is 23.9 Å². The second-order valence-corrected chi connectivity index (χ2v) is 4.95. The Labute approximate surface area is 113 Å². The molecule has 1 atom stereocenters. The molecule has 1 unspecified atom stereocenters. The fourth-order valence-electron chi connectivity index (χ4n) is 1.63. The molecule has 0 amide bonds. The van der Waals surface area contributed by atoms with Gasteiger partial charge < -0.3 is 5.32 Å². The van der Waals surface area contributed by atoms with Gasteiger partial charge in [0.1, 0.15) is 5.15 Å². The first-order valence-corrected chi connectivity index (χ1v) is 6.30. The van der Waals surface area contributed by atoms with Gasteiger partial charge in [0.2, 0.25) is 0 Å². The maximum Gasteiger partial charge on any atom is 0.143 e. The summed E-state index contributed by atoms with van der Waals surface area (Å²) >= 11 is 9.19. The van der Waals surface area contributed by atoms with E-state index in [1.165, 1.54) is 0 Å². The Balaban J connectivity index is 2.16. The lowest BCUT2D eigenvalue weighted by molar-refractivity contribution is 0.675. The molecule has 1 N–H and O–H groups in total. The average Bonchev–Trinajstić information content (AvgIpc) is 2.70. The Hall–Kier alpha value is -1.07. The lowest BCUT2D eigenvalue weighted by Crippen LogP contribution is -2.11. The van der Waals surface area contributed by atoms with Gasteiger partial charge in [-0.05, 0) is 35.0 Å². The smallest absolute Gasteiger partial charge is 0.143 e. The summed E-state index contributed by atoms with van der Waals surface area (Å²) < 4.78 is 2.62. The predicted molar refractivity (Wildman–Crippen MR) is 72.2 cm³/mol. The van der Waals surface area contributed by atoms with Crippen molar-refractivity contribution in [1.29, 1.82) is 0 Å². The van der Waals surface area contributed by atoms with E-state index < -0.39 is 0 Å². The standard InChI is InChI=1S/C11H12BrClN4/c1-7(10-3-4-15-17(10)2)16-8-5-9(12)11(13)14-6-8/h3-7,16H,1-2H3. The zero-order valence-electron chi connectivity index (χ0n) is 9.48. The number of halogens is 2. The van der Waals surface area contributed by atoms with Gasteiger partial charge in [-0.25, -0.2) is 4.98 Å². The molecule has 2 rings (SSSR count). The van der Waals surface area contributed by atoms with E-state index in [-0.39, 0.29) is 6.04 Å². The summed E-state index contributed by atoms with van der Waals surface area (Å²) in [5.41, 5.74) is 2.02. The highest BCUT2D eigenvalue weighted by Gasteiger charge is 2.10. The minimum absolute atomic E-state index is 0.150. The van der Waals surface area contributed by atoms with E-state index in [9.17, 15) is 0 Å². The van der Waals surface area contributed by atoms with Gasteiger partial charge in [-0.2, -0.15) is 5.10 Å². The second kappa shape index (κ2) is 5.06. The summed E-state index contributed by atoms with van der Waals surface area (Å²) in [6, 6.07) is 4.04. The van der Waals surface area contributed by atoms with Crippen molar-refractivity contribution >= 4 is 33.2 Å². The molecule has 6 heteroatoms. The highest BCUT2D eigenvalue weighted by molar-refractivity contribution is 9.10. The normalized spacial score (nSPS) is 12.5. The van der Waals surface area contributed by atoms with Gasteiger partial charge in [0.15, 0.2) is 0 Å². The molecule has 2 heterocycles. The van der Waals surface area contributed by atoms with Gasteiger partial charge in [-0.3, -0.25) is 4.68 Å². The Morgan fingerprint density at radius 1 is 1.53 bits per heavy atom. The largest absolute Gasteiger partial charge is 0.376 e. The van der Waals surface area contributed by atoms with E-state index in [4.69, 9.17) is 11.6 Å². The first-order valence-electron chi connectivity index (χ1n) is 5.13. The minimum Gasteiger partial charge on any atom is -0.376 e. The summed E-state index contributed by atoms with van der Waals surface area (Å²) in [7, 11) is 1.92. The van der Waals surface area contributed by atoms with Gasteiger partial charge in [-0.15, -0.1) is 0 Å². The number of aryl methyl sites for hydroxylation is 1. The zero-order valence-corrected chi connectivity index (χ0v) is 11.8. The highest BCUT2D eigenvalue weighted by Crippen LogP contribution is 2.25. The lowest BCUT2D eigenvalue weighted by atomic mass is 10.2. The topological polar surface area (TPSA) is 42.7 Å². The van der Waals surface area contributed by atoms with Crippen molar-refractivity contribution in [3.05, 3.63) is 39.8 Å². The summed E-state index contributed by atoms with van der Waals surface area (Å²) in [5.74, 6) is 0. The van der Waals surface area contributed by atoms with Gasteiger partial charge in [0, 0.05) is 13.2 Å². The van der Waals surface area contributed by atoms with Crippen molar-refractivity contribution in [3.63, 3.8) is 0 Å². The molecule has 0 aliphatic heterocycles. The fraction of sp³-hybridized carbons (Fsp3) is 0.273. The molecule has 0 radical (unpaired) electrons. The molecular formula is C11H12BrClN4. The van der Waals surface area contributed by atoms with Crippen molar-refractivity contribution in [2.45, 2.75) is 13.0 Å². The number of nitrogens with one attached hydrogen (secondary N) is 1.